The van der Waals surface area contributed by atoms with Gasteiger partial charge in [-0.1, -0.05) is 41.9 Å². The van der Waals surface area contributed by atoms with Crippen molar-refractivity contribution in [3.63, 3.8) is 0 Å². The number of amides is 1. The van der Waals surface area contributed by atoms with Crippen LogP contribution >= 0.6 is 24.0 Å². The molecule has 0 saturated carbocycles. The summed E-state index contributed by atoms with van der Waals surface area (Å²) >= 11 is 6.32. The number of hydrogen-bond acceptors (Lipinski definition) is 4. The van der Waals surface area contributed by atoms with Crippen molar-refractivity contribution in [3.8, 4) is 0 Å². The Bertz CT molecular complexity index is 1200. The van der Waals surface area contributed by atoms with Gasteiger partial charge in [0, 0.05) is 42.8 Å². The lowest BCUT2D eigenvalue weighted by molar-refractivity contribution is -0.0741. The molecule has 0 aliphatic carbocycles. The topological polar surface area (TPSA) is 55.7 Å². The summed E-state index contributed by atoms with van der Waals surface area (Å²) in [6.45, 7) is 5.10. The minimum atomic E-state index is -0.250. The molecule has 2 saturated heterocycles. The summed E-state index contributed by atoms with van der Waals surface area (Å²) in [6.07, 6.45) is 3.70. The number of benzene rings is 2. The van der Waals surface area contributed by atoms with Crippen LogP contribution in [0.5, 0.6) is 0 Å². The maximum Gasteiger partial charge on any atom is 0.256 e. The molecule has 180 valence electrons. The number of halogens is 2. The summed E-state index contributed by atoms with van der Waals surface area (Å²) < 4.78 is 14.3. The first-order valence-electron chi connectivity index (χ1n) is 11.8. The van der Waals surface area contributed by atoms with Gasteiger partial charge in [-0.05, 0) is 36.1 Å². The Morgan fingerprint density at radius 2 is 2.00 bits per heavy atom. The second-order valence-electron chi connectivity index (χ2n) is 9.29. The van der Waals surface area contributed by atoms with E-state index in [0.29, 0.717) is 37.9 Å². The molecule has 3 aliphatic rings. The summed E-state index contributed by atoms with van der Waals surface area (Å²) in [5, 5.41) is 4.98. The summed E-state index contributed by atoms with van der Waals surface area (Å²) in [6, 6.07) is 14.2. The standard InChI is InChI=1S/C26H28ClN3O3.ClH/c27-19-5-6-21-22(16-30(24(21)13-19)15-20-14-28-9-12-32-20)25(31)29-10-7-26(8-11-29)23-4-2-1-3-18(23)17-33-26;/h1-6,13,16,20,28H,7-12,14-15,17H2;1H. The average molecular weight is 502 g/mol. The molecular weight excluding hydrogens is 473 g/mol. The number of piperidine rings is 1. The minimum absolute atomic E-state index is 0. The van der Waals surface area contributed by atoms with Crippen molar-refractivity contribution in [3.05, 3.63) is 70.4 Å². The van der Waals surface area contributed by atoms with Crippen molar-refractivity contribution < 1.29 is 14.3 Å². The van der Waals surface area contributed by atoms with Gasteiger partial charge in [0.05, 0.1) is 42.5 Å². The summed E-state index contributed by atoms with van der Waals surface area (Å²) in [5.41, 5.74) is 4.02. The molecule has 1 amide bonds. The molecule has 0 radical (unpaired) electrons. The molecule has 1 N–H and O–H groups in total. The smallest absolute Gasteiger partial charge is 0.256 e. The molecule has 1 aromatic heterocycles. The number of ether oxygens (including phenoxy) is 2. The van der Waals surface area contributed by atoms with Gasteiger partial charge >= 0.3 is 0 Å². The molecule has 1 unspecified atom stereocenters. The Kier molecular flexibility index (Phi) is 6.62. The monoisotopic (exact) mass is 501 g/mol. The highest BCUT2D eigenvalue weighted by Gasteiger charge is 2.43. The van der Waals surface area contributed by atoms with E-state index in [0.717, 1.165) is 42.4 Å². The van der Waals surface area contributed by atoms with Crippen LogP contribution < -0.4 is 5.32 Å². The zero-order valence-corrected chi connectivity index (χ0v) is 20.5. The molecule has 3 aromatic rings. The summed E-state index contributed by atoms with van der Waals surface area (Å²) in [7, 11) is 0. The number of rotatable bonds is 3. The number of fused-ring (bicyclic) bond motifs is 3. The van der Waals surface area contributed by atoms with Gasteiger partial charge in [-0.2, -0.15) is 0 Å². The highest BCUT2D eigenvalue weighted by atomic mass is 35.5. The van der Waals surface area contributed by atoms with E-state index in [-0.39, 0.29) is 30.0 Å². The number of nitrogens with one attached hydrogen (secondary N) is 1. The number of likely N-dealkylation sites (tertiary alicyclic amines) is 1. The third kappa shape index (κ3) is 4.12. The summed E-state index contributed by atoms with van der Waals surface area (Å²) in [5.74, 6) is 0.0740. The van der Waals surface area contributed by atoms with Gasteiger partial charge < -0.3 is 24.3 Å². The predicted octanol–water partition coefficient (Wildman–Crippen LogP) is 4.37. The number of carbonyl (C=O) groups excluding carboxylic acids is 1. The van der Waals surface area contributed by atoms with E-state index in [1.807, 2.05) is 29.3 Å². The van der Waals surface area contributed by atoms with E-state index < -0.39 is 0 Å². The largest absolute Gasteiger partial charge is 0.374 e. The van der Waals surface area contributed by atoms with Crippen molar-refractivity contribution >= 4 is 40.8 Å². The molecule has 0 bridgehead atoms. The van der Waals surface area contributed by atoms with E-state index in [2.05, 4.69) is 34.1 Å². The van der Waals surface area contributed by atoms with Gasteiger partial charge in [-0.25, -0.2) is 0 Å². The molecule has 2 fully saturated rings. The SMILES string of the molecule is Cl.O=C(c1cn(CC2CNCCO2)c2cc(Cl)ccc12)N1CCC2(CC1)OCc1ccccc12. The molecule has 4 heterocycles. The Balaban J connectivity index is 0.00000241. The van der Waals surface area contributed by atoms with Crippen molar-refractivity contribution in [2.75, 3.05) is 32.8 Å². The molecule has 1 atom stereocenters. The van der Waals surface area contributed by atoms with E-state index in [9.17, 15) is 4.79 Å². The van der Waals surface area contributed by atoms with Crippen molar-refractivity contribution in [2.24, 2.45) is 0 Å². The van der Waals surface area contributed by atoms with Crippen LogP contribution in [0.25, 0.3) is 10.9 Å². The second-order valence-corrected chi connectivity index (χ2v) is 9.72. The van der Waals surface area contributed by atoms with E-state index in [1.165, 1.54) is 11.1 Å². The van der Waals surface area contributed by atoms with Gasteiger partial charge in [0.15, 0.2) is 0 Å². The van der Waals surface area contributed by atoms with Gasteiger partial charge in [-0.15, -0.1) is 12.4 Å². The fraction of sp³-hybridized carbons (Fsp3) is 0.423. The Morgan fingerprint density at radius 1 is 1.18 bits per heavy atom. The Labute approximate surface area is 210 Å². The van der Waals surface area contributed by atoms with E-state index in [1.54, 1.807) is 0 Å². The van der Waals surface area contributed by atoms with Crippen LogP contribution in [0.2, 0.25) is 5.02 Å². The van der Waals surface area contributed by atoms with Crippen LogP contribution in [0.4, 0.5) is 0 Å². The first-order chi connectivity index (χ1) is 16.1. The van der Waals surface area contributed by atoms with Crippen molar-refractivity contribution in [1.82, 2.24) is 14.8 Å². The fourth-order valence-electron chi connectivity index (χ4n) is 5.58. The molecule has 6 nitrogen and oxygen atoms in total. The average Bonchev–Trinajstić information content (AvgIpc) is 3.38. The maximum absolute atomic E-state index is 13.6. The highest BCUT2D eigenvalue weighted by molar-refractivity contribution is 6.31. The third-order valence-electron chi connectivity index (χ3n) is 7.35. The van der Waals surface area contributed by atoms with Crippen molar-refractivity contribution in [2.45, 2.75) is 37.7 Å². The molecule has 1 spiro atoms. The lowest BCUT2D eigenvalue weighted by Gasteiger charge is -2.39. The van der Waals surface area contributed by atoms with Crippen LogP contribution in [0.3, 0.4) is 0 Å². The first kappa shape index (κ1) is 23.6. The Hall–Kier alpha value is -2.09. The summed E-state index contributed by atoms with van der Waals surface area (Å²) in [4.78, 5) is 15.6. The third-order valence-corrected chi connectivity index (χ3v) is 7.59. The molecular formula is C26H29Cl2N3O3. The number of carbonyl (C=O) groups is 1. The van der Waals surface area contributed by atoms with Gasteiger partial charge in [0.2, 0.25) is 0 Å². The fourth-order valence-corrected chi connectivity index (χ4v) is 5.75. The van der Waals surface area contributed by atoms with Crippen LogP contribution in [-0.4, -0.2) is 54.3 Å². The molecule has 3 aliphatic heterocycles. The van der Waals surface area contributed by atoms with Gasteiger partial charge in [0.25, 0.3) is 5.91 Å². The van der Waals surface area contributed by atoms with Crippen LogP contribution in [0.15, 0.2) is 48.7 Å². The van der Waals surface area contributed by atoms with E-state index >= 15 is 0 Å². The second kappa shape index (κ2) is 9.51. The van der Waals surface area contributed by atoms with Crippen molar-refractivity contribution in [1.29, 1.82) is 0 Å². The molecule has 2 aromatic carbocycles. The van der Waals surface area contributed by atoms with E-state index in [4.69, 9.17) is 21.1 Å². The zero-order chi connectivity index (χ0) is 22.4. The Morgan fingerprint density at radius 3 is 2.79 bits per heavy atom. The normalized spacial score (nSPS) is 21.4. The molecule has 34 heavy (non-hydrogen) atoms. The van der Waals surface area contributed by atoms with Gasteiger partial charge in [-0.3, -0.25) is 4.79 Å². The minimum Gasteiger partial charge on any atom is -0.374 e. The number of nitrogens with zero attached hydrogens (tertiary/aromatic N) is 2. The zero-order valence-electron chi connectivity index (χ0n) is 19.0. The lowest BCUT2D eigenvalue weighted by Crippen LogP contribution is -2.45. The first-order valence-corrected chi connectivity index (χ1v) is 12.1. The highest BCUT2D eigenvalue weighted by Crippen LogP contribution is 2.44. The number of morpholine rings is 1. The van der Waals surface area contributed by atoms with Crippen LogP contribution in [0, 0.1) is 0 Å². The lowest BCUT2D eigenvalue weighted by atomic mass is 9.83. The number of hydrogen-bond donors (Lipinski definition) is 1. The van der Waals surface area contributed by atoms with Crippen LogP contribution in [-0.2, 0) is 28.2 Å². The predicted molar refractivity (Wildman–Crippen MR) is 135 cm³/mol. The van der Waals surface area contributed by atoms with Crippen LogP contribution in [0.1, 0.15) is 34.3 Å². The van der Waals surface area contributed by atoms with Gasteiger partial charge in [0.1, 0.15) is 0 Å². The molecule has 6 rings (SSSR count). The molecule has 8 heteroatoms. The maximum atomic E-state index is 13.6. The number of aromatic nitrogens is 1. The quantitative estimate of drug-likeness (QED) is 0.578.